The second kappa shape index (κ2) is 9.04. The molecule has 0 radical (unpaired) electrons. The molecule has 1 nitrogen and oxygen atoms in total. The maximum Gasteiger partial charge on any atom is 0.00952 e. The van der Waals surface area contributed by atoms with Gasteiger partial charge in [0.1, 0.15) is 0 Å². The Bertz CT molecular complexity index is 148. The third-order valence-corrected chi connectivity index (χ3v) is 4.05. The second-order valence-electron chi connectivity index (χ2n) is 5.41. The Morgan fingerprint density at radius 1 is 1.00 bits per heavy atom. The standard InChI is InChI=1S/C15H31N/c1-3-5-8-13-15(16-4-2)14-11-9-6-7-10-12-14/h14-16H,3-13H2,1-2H3. The fourth-order valence-electron chi connectivity index (χ4n) is 3.09. The van der Waals surface area contributed by atoms with Gasteiger partial charge in [0.15, 0.2) is 0 Å². The molecule has 0 spiro atoms. The van der Waals surface area contributed by atoms with Gasteiger partial charge in [0.2, 0.25) is 0 Å². The number of hydrogen-bond acceptors (Lipinski definition) is 1. The highest BCUT2D eigenvalue weighted by atomic mass is 14.9. The molecule has 96 valence electrons. The molecular formula is C15H31N. The highest BCUT2D eigenvalue weighted by Crippen LogP contribution is 2.27. The van der Waals surface area contributed by atoms with Crippen molar-refractivity contribution in [3.8, 4) is 0 Å². The fraction of sp³-hybridized carbons (Fsp3) is 1.00. The smallest absolute Gasteiger partial charge is 0.00952 e. The van der Waals surface area contributed by atoms with Crippen molar-refractivity contribution in [2.45, 2.75) is 84.1 Å². The first-order chi connectivity index (χ1) is 7.88. The van der Waals surface area contributed by atoms with Crippen LogP contribution in [0, 0.1) is 5.92 Å². The van der Waals surface area contributed by atoms with Crippen molar-refractivity contribution in [3.05, 3.63) is 0 Å². The van der Waals surface area contributed by atoms with Crippen LogP contribution in [-0.4, -0.2) is 12.6 Å². The van der Waals surface area contributed by atoms with E-state index in [4.69, 9.17) is 0 Å². The summed E-state index contributed by atoms with van der Waals surface area (Å²) in [6, 6.07) is 0.814. The van der Waals surface area contributed by atoms with E-state index in [-0.39, 0.29) is 0 Å². The summed E-state index contributed by atoms with van der Waals surface area (Å²) in [6.45, 7) is 5.70. The highest BCUT2D eigenvalue weighted by molar-refractivity contribution is 4.78. The van der Waals surface area contributed by atoms with Crippen molar-refractivity contribution in [2.75, 3.05) is 6.54 Å². The van der Waals surface area contributed by atoms with Crippen molar-refractivity contribution in [1.82, 2.24) is 5.32 Å². The summed E-state index contributed by atoms with van der Waals surface area (Å²) < 4.78 is 0. The van der Waals surface area contributed by atoms with Gasteiger partial charge in [-0.15, -0.1) is 0 Å². The van der Waals surface area contributed by atoms with Gasteiger partial charge in [0.05, 0.1) is 0 Å². The molecule has 1 unspecified atom stereocenters. The Hall–Kier alpha value is -0.0400. The number of hydrogen-bond donors (Lipinski definition) is 1. The van der Waals surface area contributed by atoms with Crippen LogP contribution in [0.25, 0.3) is 0 Å². The second-order valence-corrected chi connectivity index (χ2v) is 5.41. The Morgan fingerprint density at radius 2 is 1.69 bits per heavy atom. The molecule has 1 fully saturated rings. The lowest BCUT2D eigenvalue weighted by Gasteiger charge is -2.27. The van der Waals surface area contributed by atoms with Gasteiger partial charge in [0, 0.05) is 6.04 Å². The SMILES string of the molecule is CCCCCC(NCC)C1CCCCCC1. The van der Waals surface area contributed by atoms with Crippen LogP contribution in [0.1, 0.15) is 78.1 Å². The quantitative estimate of drug-likeness (QED) is 0.496. The summed E-state index contributed by atoms with van der Waals surface area (Å²) in [5, 5.41) is 3.74. The molecule has 1 saturated carbocycles. The molecule has 0 amide bonds. The van der Waals surface area contributed by atoms with Crippen LogP contribution >= 0.6 is 0 Å². The van der Waals surface area contributed by atoms with Gasteiger partial charge in [-0.1, -0.05) is 58.8 Å². The summed E-state index contributed by atoms with van der Waals surface area (Å²) in [5.74, 6) is 0.972. The van der Waals surface area contributed by atoms with E-state index in [0.29, 0.717) is 0 Å². The molecule has 0 aromatic rings. The molecule has 1 N–H and O–H groups in total. The first kappa shape index (κ1) is 14.0. The Labute approximate surface area is 102 Å². The topological polar surface area (TPSA) is 12.0 Å². The maximum atomic E-state index is 3.74. The van der Waals surface area contributed by atoms with Gasteiger partial charge in [-0.25, -0.2) is 0 Å². The molecule has 1 aliphatic carbocycles. The van der Waals surface area contributed by atoms with Gasteiger partial charge in [-0.2, -0.15) is 0 Å². The van der Waals surface area contributed by atoms with Crippen LogP contribution in [0.15, 0.2) is 0 Å². The number of nitrogens with one attached hydrogen (secondary N) is 1. The van der Waals surface area contributed by atoms with E-state index >= 15 is 0 Å². The van der Waals surface area contributed by atoms with Crippen LogP contribution in [0.3, 0.4) is 0 Å². The van der Waals surface area contributed by atoms with Gasteiger partial charge in [0.25, 0.3) is 0 Å². The Morgan fingerprint density at radius 3 is 2.25 bits per heavy atom. The maximum absolute atomic E-state index is 3.74. The van der Waals surface area contributed by atoms with E-state index < -0.39 is 0 Å². The van der Waals surface area contributed by atoms with E-state index in [0.717, 1.165) is 18.5 Å². The van der Waals surface area contributed by atoms with Crippen molar-refractivity contribution in [1.29, 1.82) is 0 Å². The fourth-order valence-corrected chi connectivity index (χ4v) is 3.09. The van der Waals surface area contributed by atoms with E-state index in [1.54, 1.807) is 0 Å². The van der Waals surface area contributed by atoms with E-state index in [9.17, 15) is 0 Å². The summed E-state index contributed by atoms with van der Waals surface area (Å²) in [6.07, 6.45) is 14.4. The van der Waals surface area contributed by atoms with Crippen LogP contribution < -0.4 is 5.32 Å². The zero-order valence-corrected chi connectivity index (χ0v) is 11.4. The average Bonchev–Trinajstić information content (AvgIpc) is 2.57. The Balaban J connectivity index is 2.33. The minimum atomic E-state index is 0.814. The minimum Gasteiger partial charge on any atom is -0.314 e. The van der Waals surface area contributed by atoms with Crippen LogP contribution in [0.2, 0.25) is 0 Å². The molecule has 1 atom stereocenters. The lowest BCUT2D eigenvalue weighted by molar-refractivity contribution is 0.302. The zero-order valence-electron chi connectivity index (χ0n) is 11.4. The predicted molar refractivity (Wildman–Crippen MR) is 72.8 cm³/mol. The third-order valence-electron chi connectivity index (χ3n) is 4.05. The van der Waals surface area contributed by atoms with Gasteiger partial charge < -0.3 is 5.32 Å². The molecule has 1 heteroatoms. The van der Waals surface area contributed by atoms with Crippen LogP contribution in [-0.2, 0) is 0 Å². The van der Waals surface area contributed by atoms with E-state index in [1.807, 2.05) is 0 Å². The molecular weight excluding hydrogens is 194 g/mol. The van der Waals surface area contributed by atoms with E-state index in [1.165, 1.54) is 64.2 Å². The summed E-state index contributed by atoms with van der Waals surface area (Å²) >= 11 is 0. The zero-order chi connectivity index (χ0) is 11.6. The minimum absolute atomic E-state index is 0.814. The molecule has 0 bridgehead atoms. The number of unbranched alkanes of at least 4 members (excludes halogenated alkanes) is 2. The molecule has 0 aromatic heterocycles. The van der Waals surface area contributed by atoms with Gasteiger partial charge in [-0.05, 0) is 31.7 Å². The van der Waals surface area contributed by atoms with E-state index in [2.05, 4.69) is 19.2 Å². The lowest BCUT2D eigenvalue weighted by atomic mass is 9.88. The summed E-state index contributed by atoms with van der Waals surface area (Å²) in [5.41, 5.74) is 0. The molecule has 16 heavy (non-hydrogen) atoms. The number of rotatable bonds is 7. The first-order valence-corrected chi connectivity index (χ1v) is 7.61. The first-order valence-electron chi connectivity index (χ1n) is 7.61. The van der Waals surface area contributed by atoms with Gasteiger partial charge in [-0.3, -0.25) is 0 Å². The van der Waals surface area contributed by atoms with Crippen molar-refractivity contribution in [2.24, 2.45) is 5.92 Å². The molecule has 1 rings (SSSR count). The normalized spacial score (nSPS) is 20.6. The third kappa shape index (κ3) is 5.34. The van der Waals surface area contributed by atoms with Crippen LogP contribution in [0.4, 0.5) is 0 Å². The van der Waals surface area contributed by atoms with Crippen molar-refractivity contribution >= 4 is 0 Å². The molecule has 0 aromatic carbocycles. The average molecular weight is 225 g/mol. The molecule has 0 aliphatic heterocycles. The Kier molecular flexibility index (Phi) is 7.92. The highest BCUT2D eigenvalue weighted by Gasteiger charge is 2.21. The largest absolute Gasteiger partial charge is 0.314 e. The summed E-state index contributed by atoms with van der Waals surface area (Å²) in [4.78, 5) is 0. The van der Waals surface area contributed by atoms with Crippen LogP contribution in [0.5, 0.6) is 0 Å². The van der Waals surface area contributed by atoms with Crippen molar-refractivity contribution in [3.63, 3.8) is 0 Å². The summed E-state index contributed by atoms with van der Waals surface area (Å²) in [7, 11) is 0. The van der Waals surface area contributed by atoms with Gasteiger partial charge >= 0.3 is 0 Å². The predicted octanol–water partition coefficient (Wildman–Crippen LogP) is 4.52. The molecule has 0 heterocycles. The molecule has 1 aliphatic rings. The monoisotopic (exact) mass is 225 g/mol. The van der Waals surface area contributed by atoms with Crippen molar-refractivity contribution < 1.29 is 0 Å². The molecule has 0 saturated heterocycles. The lowest BCUT2D eigenvalue weighted by Crippen LogP contribution is -2.36.